The van der Waals surface area contributed by atoms with Crippen LogP contribution in [0.5, 0.6) is 0 Å². The lowest BCUT2D eigenvalue weighted by Gasteiger charge is -2.11. The van der Waals surface area contributed by atoms with Crippen molar-refractivity contribution in [3.8, 4) is 11.1 Å². The van der Waals surface area contributed by atoms with Gasteiger partial charge in [0, 0.05) is 18.2 Å². The lowest BCUT2D eigenvalue weighted by molar-refractivity contribution is 0.582. The smallest absolute Gasteiger partial charge is 0.131 e. The summed E-state index contributed by atoms with van der Waals surface area (Å²) in [7, 11) is 0. The first-order valence-electron chi connectivity index (χ1n) is 6.75. The molecule has 0 spiro atoms. The van der Waals surface area contributed by atoms with Gasteiger partial charge in [-0.2, -0.15) is 0 Å². The second kappa shape index (κ2) is 6.14. The van der Waals surface area contributed by atoms with Gasteiger partial charge in [-0.3, -0.25) is 0 Å². The second-order valence-electron chi connectivity index (χ2n) is 5.31. The van der Waals surface area contributed by atoms with Crippen LogP contribution in [0.1, 0.15) is 25.0 Å². The average molecular weight is 275 g/mol. The van der Waals surface area contributed by atoms with Gasteiger partial charge in [0.2, 0.25) is 0 Å². The summed E-state index contributed by atoms with van der Waals surface area (Å²) in [6.45, 7) is 6.52. The number of aryl methyl sites for hydroxylation is 1. The van der Waals surface area contributed by atoms with Gasteiger partial charge in [0.15, 0.2) is 0 Å². The zero-order valence-electron chi connectivity index (χ0n) is 12.0. The van der Waals surface area contributed by atoms with E-state index in [9.17, 15) is 8.78 Å². The van der Waals surface area contributed by atoms with E-state index in [-0.39, 0.29) is 11.6 Å². The monoisotopic (exact) mass is 275 g/mol. The molecule has 0 unspecified atom stereocenters. The standard InChI is InChI=1S/C17H19F2N/c1-11(2)20-10-13-4-6-16(17(19)9-13)15-7-5-14(18)8-12(15)3/h4-9,11,20H,10H2,1-3H3. The molecular formula is C17H19F2N. The second-order valence-corrected chi connectivity index (χ2v) is 5.31. The Morgan fingerprint density at radius 1 is 1.00 bits per heavy atom. The van der Waals surface area contributed by atoms with Crippen LogP contribution in [-0.2, 0) is 6.54 Å². The number of halogens is 2. The summed E-state index contributed by atoms with van der Waals surface area (Å²) in [5.74, 6) is -0.577. The average Bonchev–Trinajstić information content (AvgIpc) is 2.37. The first-order chi connectivity index (χ1) is 9.47. The van der Waals surface area contributed by atoms with E-state index in [2.05, 4.69) is 5.32 Å². The van der Waals surface area contributed by atoms with E-state index in [1.807, 2.05) is 19.9 Å². The molecule has 0 aliphatic heterocycles. The maximum absolute atomic E-state index is 14.2. The molecule has 2 rings (SSSR count). The molecule has 106 valence electrons. The van der Waals surface area contributed by atoms with Crippen LogP contribution >= 0.6 is 0 Å². The molecule has 20 heavy (non-hydrogen) atoms. The Kier molecular flexibility index (Phi) is 4.50. The fourth-order valence-electron chi connectivity index (χ4n) is 2.14. The molecule has 0 heterocycles. The van der Waals surface area contributed by atoms with Crippen LogP contribution in [0.2, 0.25) is 0 Å². The molecule has 2 aromatic carbocycles. The SMILES string of the molecule is Cc1cc(F)ccc1-c1ccc(CNC(C)C)cc1F. The molecule has 0 aliphatic rings. The molecule has 0 amide bonds. The van der Waals surface area contributed by atoms with Crippen LogP contribution in [0.4, 0.5) is 8.78 Å². The molecule has 0 fully saturated rings. The third-order valence-electron chi connectivity index (χ3n) is 3.23. The van der Waals surface area contributed by atoms with E-state index in [0.29, 0.717) is 18.2 Å². The highest BCUT2D eigenvalue weighted by Crippen LogP contribution is 2.27. The number of nitrogens with one attached hydrogen (secondary N) is 1. The summed E-state index contributed by atoms with van der Waals surface area (Å²) >= 11 is 0. The Labute approximate surface area is 118 Å². The van der Waals surface area contributed by atoms with Gasteiger partial charge in [0.05, 0.1) is 0 Å². The van der Waals surface area contributed by atoms with Gasteiger partial charge in [-0.1, -0.05) is 32.0 Å². The molecule has 0 aromatic heterocycles. The largest absolute Gasteiger partial charge is 0.310 e. The van der Waals surface area contributed by atoms with Crippen LogP contribution < -0.4 is 5.32 Å². The summed E-state index contributed by atoms with van der Waals surface area (Å²) in [6.07, 6.45) is 0. The van der Waals surface area contributed by atoms with Crippen molar-refractivity contribution in [1.29, 1.82) is 0 Å². The van der Waals surface area contributed by atoms with E-state index in [1.165, 1.54) is 18.2 Å². The minimum atomic E-state index is -0.301. The zero-order chi connectivity index (χ0) is 14.7. The van der Waals surface area contributed by atoms with Crippen molar-refractivity contribution in [1.82, 2.24) is 5.32 Å². The maximum atomic E-state index is 14.2. The molecule has 1 N–H and O–H groups in total. The highest BCUT2D eigenvalue weighted by atomic mass is 19.1. The molecule has 1 nitrogen and oxygen atoms in total. The first-order valence-corrected chi connectivity index (χ1v) is 6.75. The number of benzene rings is 2. The fraction of sp³-hybridized carbons (Fsp3) is 0.294. The van der Waals surface area contributed by atoms with E-state index in [1.54, 1.807) is 19.1 Å². The van der Waals surface area contributed by atoms with Crippen molar-refractivity contribution in [2.24, 2.45) is 0 Å². The van der Waals surface area contributed by atoms with Crippen LogP contribution in [-0.4, -0.2) is 6.04 Å². The lowest BCUT2D eigenvalue weighted by Crippen LogP contribution is -2.21. The van der Waals surface area contributed by atoms with Gasteiger partial charge in [-0.15, -0.1) is 0 Å². The van der Waals surface area contributed by atoms with Crippen molar-refractivity contribution in [2.75, 3.05) is 0 Å². The van der Waals surface area contributed by atoms with Gasteiger partial charge >= 0.3 is 0 Å². The Hall–Kier alpha value is -1.74. The van der Waals surface area contributed by atoms with E-state index >= 15 is 0 Å². The Bertz CT molecular complexity index is 606. The molecule has 0 aliphatic carbocycles. The van der Waals surface area contributed by atoms with E-state index in [4.69, 9.17) is 0 Å². The van der Waals surface area contributed by atoms with Crippen LogP contribution in [0.25, 0.3) is 11.1 Å². The summed E-state index contributed by atoms with van der Waals surface area (Å²) in [5, 5.41) is 3.25. The predicted molar refractivity (Wildman–Crippen MR) is 78.5 cm³/mol. The highest BCUT2D eigenvalue weighted by Gasteiger charge is 2.09. The van der Waals surface area contributed by atoms with Gasteiger partial charge in [0.25, 0.3) is 0 Å². The van der Waals surface area contributed by atoms with Crippen LogP contribution in [0, 0.1) is 18.6 Å². The van der Waals surface area contributed by atoms with Crippen LogP contribution in [0.3, 0.4) is 0 Å². The Balaban J connectivity index is 2.29. The van der Waals surface area contributed by atoms with Crippen molar-refractivity contribution in [3.63, 3.8) is 0 Å². The molecule has 0 radical (unpaired) electrons. The Morgan fingerprint density at radius 2 is 1.70 bits per heavy atom. The lowest BCUT2D eigenvalue weighted by atomic mass is 9.98. The van der Waals surface area contributed by atoms with Crippen molar-refractivity contribution < 1.29 is 8.78 Å². The number of rotatable bonds is 4. The quantitative estimate of drug-likeness (QED) is 0.870. The fourth-order valence-corrected chi connectivity index (χ4v) is 2.14. The minimum absolute atomic E-state index is 0.275. The van der Waals surface area contributed by atoms with E-state index in [0.717, 1.165) is 16.7 Å². The summed E-state index contributed by atoms with van der Waals surface area (Å²) in [4.78, 5) is 0. The molecule has 0 saturated carbocycles. The molecule has 2 aromatic rings. The van der Waals surface area contributed by atoms with Gasteiger partial charge < -0.3 is 5.32 Å². The third kappa shape index (κ3) is 3.42. The summed E-state index contributed by atoms with van der Waals surface area (Å²) < 4.78 is 27.3. The van der Waals surface area contributed by atoms with Gasteiger partial charge in [-0.05, 0) is 41.8 Å². The molecule has 0 bridgehead atoms. The van der Waals surface area contributed by atoms with Crippen molar-refractivity contribution >= 4 is 0 Å². The third-order valence-corrected chi connectivity index (χ3v) is 3.23. The molecule has 0 atom stereocenters. The van der Waals surface area contributed by atoms with Crippen molar-refractivity contribution in [3.05, 3.63) is 59.2 Å². The predicted octanol–water partition coefficient (Wildman–Crippen LogP) is 4.44. The molecule has 3 heteroatoms. The minimum Gasteiger partial charge on any atom is -0.310 e. The number of hydrogen-bond acceptors (Lipinski definition) is 1. The molecular weight excluding hydrogens is 256 g/mol. The first kappa shape index (κ1) is 14.7. The van der Waals surface area contributed by atoms with Gasteiger partial charge in [-0.25, -0.2) is 8.78 Å². The Morgan fingerprint density at radius 3 is 2.30 bits per heavy atom. The maximum Gasteiger partial charge on any atom is 0.131 e. The number of hydrogen-bond donors (Lipinski definition) is 1. The van der Waals surface area contributed by atoms with Crippen LogP contribution in [0.15, 0.2) is 36.4 Å². The normalized spacial score (nSPS) is 11.1. The molecule has 0 saturated heterocycles. The van der Waals surface area contributed by atoms with Crippen molar-refractivity contribution in [2.45, 2.75) is 33.4 Å². The summed E-state index contributed by atoms with van der Waals surface area (Å²) in [6, 6.07) is 9.95. The summed E-state index contributed by atoms with van der Waals surface area (Å²) in [5.41, 5.74) is 2.87. The topological polar surface area (TPSA) is 12.0 Å². The van der Waals surface area contributed by atoms with E-state index < -0.39 is 0 Å². The highest BCUT2D eigenvalue weighted by molar-refractivity contribution is 5.68. The van der Waals surface area contributed by atoms with Gasteiger partial charge in [0.1, 0.15) is 11.6 Å². The zero-order valence-corrected chi connectivity index (χ0v) is 12.0.